The van der Waals surface area contributed by atoms with Gasteiger partial charge in [0.15, 0.2) is 0 Å². The number of hydrogen-bond acceptors (Lipinski definition) is 2. The topological polar surface area (TPSA) is 58.2 Å². The molecule has 2 aromatic carbocycles. The maximum absolute atomic E-state index is 13.7. The fraction of sp³-hybridized carbons (Fsp3) is 0.273. The third-order valence-corrected chi connectivity index (χ3v) is 5.82. The Morgan fingerprint density at radius 1 is 1.00 bits per heavy atom. The van der Waals surface area contributed by atoms with Crippen LogP contribution in [-0.4, -0.2) is 36.8 Å². The second-order valence-corrected chi connectivity index (χ2v) is 9.57. The molecule has 2 aromatic rings. The van der Waals surface area contributed by atoms with Crippen LogP contribution in [0.1, 0.15) is 34.3 Å². The van der Waals surface area contributed by atoms with E-state index in [9.17, 15) is 35.9 Å². The average Bonchev–Trinajstić information content (AvgIpc) is 2.70. The molecule has 2 N–H and O–H groups in total. The second kappa shape index (κ2) is 11.8. The van der Waals surface area contributed by atoms with Crippen LogP contribution in [0.2, 0.25) is 5.02 Å². The zero-order chi connectivity index (χ0) is 26.6. The third kappa shape index (κ3) is 8.84. The van der Waals surface area contributed by atoms with Gasteiger partial charge in [-0.2, -0.15) is 26.3 Å². The number of hydrogen-bond donors (Lipinski definition) is 2. The summed E-state index contributed by atoms with van der Waals surface area (Å²) in [6.07, 6.45) is -7.06. The summed E-state index contributed by atoms with van der Waals surface area (Å²) in [5, 5.41) is 3.71. The largest absolute Gasteiger partial charge is 0.408 e. The molecular weight excluding hydrogens is 634 g/mol. The predicted octanol–water partition coefficient (Wildman–Crippen LogP) is 7.02. The molecule has 0 aromatic heterocycles. The van der Waals surface area contributed by atoms with Crippen molar-refractivity contribution in [3.05, 3.63) is 73.1 Å². The average molecular weight is 651 g/mol. The fourth-order valence-corrected chi connectivity index (χ4v) is 4.42. The summed E-state index contributed by atoms with van der Waals surface area (Å²) in [7, 11) is 0. The van der Waals surface area contributed by atoms with Crippen molar-refractivity contribution in [3.8, 4) is 0 Å². The Balaban J connectivity index is 2.13. The molecule has 0 aliphatic heterocycles. The maximum Gasteiger partial charge on any atom is 0.408 e. The van der Waals surface area contributed by atoms with Crippen molar-refractivity contribution in [1.29, 1.82) is 0 Å². The number of carbonyl (C=O) groups is 2. The molecule has 0 saturated carbocycles. The summed E-state index contributed by atoms with van der Waals surface area (Å²) in [6, 6.07) is 6.02. The molecule has 2 unspecified atom stereocenters. The predicted molar refractivity (Wildman–Crippen MR) is 127 cm³/mol. The van der Waals surface area contributed by atoms with Crippen molar-refractivity contribution in [2.24, 2.45) is 0 Å². The number of nitrogens with one attached hydrogen (secondary N) is 2. The lowest BCUT2D eigenvalue weighted by atomic mass is 9.97. The third-order valence-electron chi connectivity index (χ3n) is 4.59. The van der Waals surface area contributed by atoms with Crippen molar-refractivity contribution in [1.82, 2.24) is 10.6 Å². The minimum atomic E-state index is -4.63. The summed E-state index contributed by atoms with van der Waals surface area (Å²) in [4.78, 5) is 23.8. The number of alkyl halides is 6. The molecule has 0 fully saturated rings. The summed E-state index contributed by atoms with van der Waals surface area (Å²) >= 11 is 12.4. The highest BCUT2D eigenvalue weighted by Crippen LogP contribution is 2.38. The van der Waals surface area contributed by atoms with Crippen LogP contribution in [0.15, 0.2) is 51.4 Å². The van der Waals surface area contributed by atoms with Gasteiger partial charge < -0.3 is 10.6 Å². The molecule has 190 valence electrons. The Hall–Kier alpha value is -2.05. The van der Waals surface area contributed by atoms with Crippen molar-refractivity contribution in [2.45, 2.75) is 31.2 Å². The van der Waals surface area contributed by atoms with Gasteiger partial charge >= 0.3 is 12.4 Å². The van der Waals surface area contributed by atoms with E-state index in [0.29, 0.717) is 8.95 Å². The molecule has 0 heterocycles. The maximum atomic E-state index is 13.7. The van der Waals surface area contributed by atoms with Crippen LogP contribution in [0, 0.1) is 0 Å². The van der Waals surface area contributed by atoms with Gasteiger partial charge in [0.1, 0.15) is 6.04 Å². The lowest BCUT2D eigenvalue weighted by Crippen LogP contribution is -2.47. The molecule has 0 aliphatic rings. The first kappa shape index (κ1) is 29.2. The fourth-order valence-electron chi connectivity index (χ4n) is 2.82. The van der Waals surface area contributed by atoms with Crippen LogP contribution in [0.4, 0.5) is 26.3 Å². The van der Waals surface area contributed by atoms with E-state index in [0.717, 1.165) is 13.0 Å². The molecule has 4 nitrogen and oxygen atoms in total. The van der Waals surface area contributed by atoms with Crippen LogP contribution < -0.4 is 10.6 Å². The van der Waals surface area contributed by atoms with Crippen LogP contribution in [0.5, 0.6) is 0 Å². The van der Waals surface area contributed by atoms with Gasteiger partial charge in [-0.3, -0.25) is 9.59 Å². The van der Waals surface area contributed by atoms with Gasteiger partial charge in [-0.1, -0.05) is 61.7 Å². The lowest BCUT2D eigenvalue weighted by molar-refractivity contribution is -0.157. The highest BCUT2D eigenvalue weighted by molar-refractivity contribution is 9.11. The van der Waals surface area contributed by atoms with Gasteiger partial charge in [0.2, 0.25) is 5.91 Å². The number of allylic oxidation sites excluding steroid dienone is 1. The molecule has 0 spiro atoms. The summed E-state index contributed by atoms with van der Waals surface area (Å²) in [5.41, 5.74) is 0.158. The van der Waals surface area contributed by atoms with Gasteiger partial charge in [0.05, 0.1) is 23.0 Å². The summed E-state index contributed by atoms with van der Waals surface area (Å²) < 4.78 is 79.4. The molecule has 0 saturated heterocycles. The van der Waals surface area contributed by atoms with Gasteiger partial charge in [0.25, 0.3) is 5.91 Å². The summed E-state index contributed by atoms with van der Waals surface area (Å²) in [6.45, 7) is 0.0221. The minimum absolute atomic E-state index is 0.00443. The number of halogens is 9. The van der Waals surface area contributed by atoms with E-state index in [1.165, 1.54) is 36.4 Å². The van der Waals surface area contributed by atoms with E-state index in [2.05, 4.69) is 37.2 Å². The SMILES string of the molecule is CC(NC(=O)CNC(=O)c1ccc(C=CC(c2cc(Br)cc(Br)c2)C(F)(F)F)cc1Cl)C(F)(F)F. The number of carbonyl (C=O) groups excluding carboxylic acids is 2. The number of rotatable bonds is 7. The lowest BCUT2D eigenvalue weighted by Gasteiger charge is -2.18. The molecule has 0 radical (unpaired) electrons. The Morgan fingerprint density at radius 3 is 2.11 bits per heavy atom. The zero-order valence-electron chi connectivity index (χ0n) is 17.7. The quantitative estimate of drug-likeness (QED) is 0.317. The smallest absolute Gasteiger partial charge is 0.343 e. The van der Waals surface area contributed by atoms with E-state index < -0.39 is 42.7 Å². The van der Waals surface area contributed by atoms with E-state index >= 15 is 0 Å². The van der Waals surface area contributed by atoms with Gasteiger partial charge in [-0.15, -0.1) is 0 Å². The van der Waals surface area contributed by atoms with E-state index in [4.69, 9.17) is 11.6 Å². The second-order valence-electron chi connectivity index (χ2n) is 7.33. The molecule has 0 bridgehead atoms. The van der Waals surface area contributed by atoms with Crippen molar-refractivity contribution >= 4 is 61.4 Å². The normalized spacial score (nSPS) is 14.0. The molecule has 13 heteroatoms. The first-order valence-electron chi connectivity index (χ1n) is 9.72. The Morgan fingerprint density at radius 2 is 1.60 bits per heavy atom. The molecule has 2 atom stereocenters. The van der Waals surface area contributed by atoms with E-state index in [1.807, 2.05) is 0 Å². The Labute approximate surface area is 218 Å². The van der Waals surface area contributed by atoms with Crippen molar-refractivity contribution in [3.63, 3.8) is 0 Å². The van der Waals surface area contributed by atoms with Gasteiger partial charge in [-0.25, -0.2) is 0 Å². The Bertz CT molecular complexity index is 1100. The first-order valence-corrected chi connectivity index (χ1v) is 11.7. The molecular formula is C22H17Br2ClF6N2O2. The monoisotopic (exact) mass is 648 g/mol. The standard InChI is InChI=1S/C22H17Br2ClF6N2O2/c1-11(21(26,27)28)33-19(34)10-32-20(35)16-4-2-12(6-18(16)25)3-5-17(22(29,30)31)13-7-14(23)9-15(24)8-13/h2-9,11,17H,10H2,1H3,(H,32,35)(H,33,34). The number of benzene rings is 2. The molecule has 2 amide bonds. The van der Waals surface area contributed by atoms with E-state index in [1.54, 1.807) is 11.4 Å². The Kier molecular flexibility index (Phi) is 9.83. The molecule has 2 rings (SSSR count). The zero-order valence-corrected chi connectivity index (χ0v) is 21.6. The molecule has 0 aliphatic carbocycles. The minimum Gasteiger partial charge on any atom is -0.343 e. The van der Waals surface area contributed by atoms with Gasteiger partial charge in [0, 0.05) is 8.95 Å². The molecule has 35 heavy (non-hydrogen) atoms. The van der Waals surface area contributed by atoms with Crippen molar-refractivity contribution < 1.29 is 35.9 Å². The van der Waals surface area contributed by atoms with Crippen LogP contribution >= 0.6 is 43.5 Å². The van der Waals surface area contributed by atoms with Crippen LogP contribution in [0.3, 0.4) is 0 Å². The van der Waals surface area contributed by atoms with Crippen LogP contribution in [-0.2, 0) is 4.79 Å². The van der Waals surface area contributed by atoms with E-state index in [-0.39, 0.29) is 21.7 Å². The van der Waals surface area contributed by atoms with Gasteiger partial charge in [-0.05, 0) is 48.4 Å². The highest BCUT2D eigenvalue weighted by atomic mass is 79.9. The number of amides is 2. The highest BCUT2D eigenvalue weighted by Gasteiger charge is 2.39. The van der Waals surface area contributed by atoms with Crippen molar-refractivity contribution in [2.75, 3.05) is 6.54 Å². The summed E-state index contributed by atoms with van der Waals surface area (Å²) in [5.74, 6) is -3.82. The first-order chi connectivity index (χ1) is 16.1. The van der Waals surface area contributed by atoms with Crippen LogP contribution in [0.25, 0.3) is 6.08 Å².